The SMILES string of the molecule is COc1cc2c(cc1OC)CN(C(=O)Cn1cc(Cl)cn1)CC2. The second-order valence-electron chi connectivity index (χ2n) is 5.40. The Bertz CT molecular complexity index is 729. The molecule has 0 unspecified atom stereocenters. The Balaban J connectivity index is 1.75. The fourth-order valence-corrected chi connectivity index (χ4v) is 2.92. The number of carbonyl (C=O) groups excluding carboxylic acids is 1. The lowest BCUT2D eigenvalue weighted by Crippen LogP contribution is -2.38. The highest BCUT2D eigenvalue weighted by atomic mass is 35.5. The molecule has 2 heterocycles. The van der Waals surface area contributed by atoms with Crippen LogP contribution in [0.1, 0.15) is 11.1 Å². The number of fused-ring (bicyclic) bond motifs is 1. The summed E-state index contributed by atoms with van der Waals surface area (Å²) >= 11 is 5.82. The van der Waals surface area contributed by atoms with Crippen molar-refractivity contribution < 1.29 is 14.3 Å². The highest BCUT2D eigenvalue weighted by Gasteiger charge is 2.23. The van der Waals surface area contributed by atoms with Gasteiger partial charge in [0, 0.05) is 19.3 Å². The number of halogens is 1. The third-order valence-corrected chi connectivity index (χ3v) is 4.16. The molecule has 0 fully saturated rings. The maximum Gasteiger partial charge on any atom is 0.244 e. The van der Waals surface area contributed by atoms with Gasteiger partial charge in [-0.25, -0.2) is 0 Å². The Morgan fingerprint density at radius 1 is 1.26 bits per heavy atom. The first-order chi connectivity index (χ1) is 11.1. The highest BCUT2D eigenvalue weighted by molar-refractivity contribution is 6.30. The number of ether oxygens (including phenoxy) is 2. The molecule has 1 aromatic heterocycles. The van der Waals surface area contributed by atoms with Crippen LogP contribution in [-0.4, -0.2) is 41.4 Å². The van der Waals surface area contributed by atoms with Crippen molar-refractivity contribution in [1.82, 2.24) is 14.7 Å². The van der Waals surface area contributed by atoms with E-state index in [9.17, 15) is 4.79 Å². The van der Waals surface area contributed by atoms with Crippen molar-refractivity contribution in [3.05, 3.63) is 40.7 Å². The van der Waals surface area contributed by atoms with Gasteiger partial charge in [0.15, 0.2) is 11.5 Å². The Morgan fingerprint density at radius 2 is 1.96 bits per heavy atom. The molecule has 122 valence electrons. The van der Waals surface area contributed by atoms with Crippen LogP contribution in [0.4, 0.5) is 0 Å². The lowest BCUT2D eigenvalue weighted by molar-refractivity contribution is -0.133. The number of aromatic nitrogens is 2. The molecular formula is C16H18ClN3O3. The van der Waals surface area contributed by atoms with Gasteiger partial charge in [-0.2, -0.15) is 5.10 Å². The molecule has 0 N–H and O–H groups in total. The van der Waals surface area contributed by atoms with Crippen molar-refractivity contribution in [1.29, 1.82) is 0 Å². The van der Waals surface area contributed by atoms with Crippen molar-refractivity contribution in [2.24, 2.45) is 0 Å². The lowest BCUT2D eigenvalue weighted by atomic mass is 9.98. The van der Waals surface area contributed by atoms with Crippen LogP contribution in [0.5, 0.6) is 11.5 Å². The van der Waals surface area contributed by atoms with Crippen LogP contribution in [0.25, 0.3) is 0 Å². The summed E-state index contributed by atoms with van der Waals surface area (Å²) in [6.45, 7) is 1.43. The van der Waals surface area contributed by atoms with Crippen molar-refractivity contribution in [3.63, 3.8) is 0 Å². The number of nitrogens with zero attached hydrogens (tertiary/aromatic N) is 3. The number of amides is 1. The van der Waals surface area contributed by atoms with Gasteiger partial charge in [-0.05, 0) is 29.7 Å². The number of hydrogen-bond donors (Lipinski definition) is 0. The van der Waals surface area contributed by atoms with E-state index in [0.717, 1.165) is 17.7 Å². The molecule has 1 aliphatic rings. The van der Waals surface area contributed by atoms with Crippen LogP contribution < -0.4 is 9.47 Å². The number of rotatable bonds is 4. The third kappa shape index (κ3) is 3.27. The van der Waals surface area contributed by atoms with E-state index in [1.807, 2.05) is 17.0 Å². The summed E-state index contributed by atoms with van der Waals surface area (Å²) in [6.07, 6.45) is 3.96. The minimum Gasteiger partial charge on any atom is -0.493 e. The van der Waals surface area contributed by atoms with E-state index in [2.05, 4.69) is 5.10 Å². The van der Waals surface area contributed by atoms with Gasteiger partial charge in [-0.3, -0.25) is 9.48 Å². The van der Waals surface area contributed by atoms with Gasteiger partial charge in [0.2, 0.25) is 5.91 Å². The van der Waals surface area contributed by atoms with Crippen LogP contribution in [-0.2, 0) is 24.3 Å². The van der Waals surface area contributed by atoms with E-state index in [0.29, 0.717) is 23.9 Å². The quantitative estimate of drug-likeness (QED) is 0.859. The number of hydrogen-bond acceptors (Lipinski definition) is 4. The topological polar surface area (TPSA) is 56.6 Å². The Morgan fingerprint density at radius 3 is 2.57 bits per heavy atom. The second kappa shape index (κ2) is 6.50. The zero-order valence-corrected chi connectivity index (χ0v) is 13.8. The smallest absolute Gasteiger partial charge is 0.244 e. The molecule has 1 amide bonds. The molecule has 1 aromatic carbocycles. The van der Waals surface area contributed by atoms with E-state index in [1.165, 1.54) is 11.8 Å². The standard InChI is InChI=1S/C16H18ClN3O3/c1-22-14-5-11-3-4-19(8-12(11)6-15(14)23-2)16(21)10-20-9-13(17)7-18-20/h5-7,9H,3-4,8,10H2,1-2H3. The first-order valence-electron chi connectivity index (χ1n) is 7.30. The number of carbonyl (C=O) groups is 1. The van der Waals surface area contributed by atoms with E-state index in [1.54, 1.807) is 25.1 Å². The van der Waals surface area contributed by atoms with Gasteiger partial charge >= 0.3 is 0 Å². The first kappa shape index (κ1) is 15.7. The summed E-state index contributed by atoms with van der Waals surface area (Å²) in [5.74, 6) is 1.42. The Labute approximate surface area is 139 Å². The maximum absolute atomic E-state index is 12.4. The maximum atomic E-state index is 12.4. The lowest BCUT2D eigenvalue weighted by Gasteiger charge is -2.29. The fourth-order valence-electron chi connectivity index (χ4n) is 2.76. The molecule has 3 rings (SSSR count). The highest BCUT2D eigenvalue weighted by Crippen LogP contribution is 2.33. The van der Waals surface area contributed by atoms with E-state index >= 15 is 0 Å². The largest absolute Gasteiger partial charge is 0.493 e. The van der Waals surface area contributed by atoms with Gasteiger partial charge in [0.25, 0.3) is 0 Å². The van der Waals surface area contributed by atoms with E-state index in [4.69, 9.17) is 21.1 Å². The summed E-state index contributed by atoms with van der Waals surface area (Å²) in [5.41, 5.74) is 2.27. The Hall–Kier alpha value is -2.21. The molecule has 2 aromatic rings. The van der Waals surface area contributed by atoms with Crippen molar-refractivity contribution >= 4 is 17.5 Å². The summed E-state index contributed by atoms with van der Waals surface area (Å²) in [4.78, 5) is 14.3. The zero-order valence-electron chi connectivity index (χ0n) is 13.1. The van der Waals surface area contributed by atoms with Crippen LogP contribution in [0.2, 0.25) is 5.02 Å². The minimum atomic E-state index is 0.0187. The average Bonchev–Trinajstić information content (AvgIpc) is 2.97. The van der Waals surface area contributed by atoms with Crippen molar-refractivity contribution in [2.75, 3.05) is 20.8 Å². The summed E-state index contributed by atoms with van der Waals surface area (Å²) in [7, 11) is 3.23. The summed E-state index contributed by atoms with van der Waals surface area (Å²) in [6, 6.07) is 3.93. The van der Waals surface area contributed by atoms with Gasteiger partial charge in [0.1, 0.15) is 6.54 Å². The van der Waals surface area contributed by atoms with Crippen LogP contribution >= 0.6 is 11.6 Å². The van der Waals surface area contributed by atoms with Gasteiger partial charge in [-0.15, -0.1) is 0 Å². The molecule has 0 saturated carbocycles. The predicted octanol–water partition coefficient (Wildman–Crippen LogP) is 2.14. The van der Waals surface area contributed by atoms with Crippen LogP contribution in [0.3, 0.4) is 0 Å². The molecular weight excluding hydrogens is 318 g/mol. The molecule has 0 radical (unpaired) electrons. The third-order valence-electron chi connectivity index (χ3n) is 3.97. The number of benzene rings is 1. The fraction of sp³-hybridized carbons (Fsp3) is 0.375. The first-order valence-corrected chi connectivity index (χ1v) is 7.68. The minimum absolute atomic E-state index is 0.0187. The average molecular weight is 336 g/mol. The molecule has 23 heavy (non-hydrogen) atoms. The molecule has 0 saturated heterocycles. The predicted molar refractivity (Wildman–Crippen MR) is 85.9 cm³/mol. The summed E-state index contributed by atoms with van der Waals surface area (Å²) < 4.78 is 12.2. The van der Waals surface area contributed by atoms with Crippen molar-refractivity contribution in [3.8, 4) is 11.5 Å². The normalized spacial score (nSPS) is 13.6. The van der Waals surface area contributed by atoms with Gasteiger partial charge < -0.3 is 14.4 Å². The number of methoxy groups -OCH3 is 2. The molecule has 0 aliphatic carbocycles. The molecule has 7 heteroatoms. The van der Waals surface area contributed by atoms with Crippen LogP contribution in [0.15, 0.2) is 24.5 Å². The monoisotopic (exact) mass is 335 g/mol. The van der Waals surface area contributed by atoms with E-state index in [-0.39, 0.29) is 12.5 Å². The Kier molecular flexibility index (Phi) is 4.43. The molecule has 0 bridgehead atoms. The summed E-state index contributed by atoms with van der Waals surface area (Å²) in [5, 5.41) is 4.57. The second-order valence-corrected chi connectivity index (χ2v) is 5.83. The van der Waals surface area contributed by atoms with E-state index < -0.39 is 0 Å². The van der Waals surface area contributed by atoms with Crippen LogP contribution in [0, 0.1) is 0 Å². The van der Waals surface area contributed by atoms with Gasteiger partial charge in [-0.1, -0.05) is 11.6 Å². The molecule has 6 nitrogen and oxygen atoms in total. The van der Waals surface area contributed by atoms with Gasteiger partial charge in [0.05, 0.1) is 25.4 Å². The molecule has 1 aliphatic heterocycles. The van der Waals surface area contributed by atoms with Crippen molar-refractivity contribution in [2.45, 2.75) is 19.5 Å². The molecule has 0 spiro atoms. The molecule has 0 atom stereocenters. The zero-order chi connectivity index (χ0) is 16.4.